The Morgan fingerprint density at radius 1 is 1.41 bits per heavy atom. The lowest BCUT2D eigenvalue weighted by Gasteiger charge is -2.23. The number of nitriles is 1. The first-order valence-electron chi connectivity index (χ1n) is 6.29. The summed E-state index contributed by atoms with van der Waals surface area (Å²) in [6, 6.07) is 10.0. The summed E-state index contributed by atoms with van der Waals surface area (Å²) in [6.07, 6.45) is 2.58. The van der Waals surface area contributed by atoms with E-state index in [1.165, 1.54) is 12.8 Å². The summed E-state index contributed by atoms with van der Waals surface area (Å²) in [6.45, 7) is 4.10. The zero-order valence-corrected chi connectivity index (χ0v) is 10.1. The fourth-order valence-corrected chi connectivity index (χ4v) is 2.29. The summed E-state index contributed by atoms with van der Waals surface area (Å²) in [5.41, 5.74) is 1.88. The van der Waals surface area contributed by atoms with Gasteiger partial charge in [0.15, 0.2) is 0 Å². The lowest BCUT2D eigenvalue weighted by atomic mass is 9.99. The van der Waals surface area contributed by atoms with Crippen LogP contribution in [0.15, 0.2) is 24.3 Å². The normalized spacial score (nSPS) is 19.8. The van der Waals surface area contributed by atoms with E-state index in [0.29, 0.717) is 0 Å². The van der Waals surface area contributed by atoms with Crippen LogP contribution in [-0.4, -0.2) is 19.6 Å². The van der Waals surface area contributed by atoms with Gasteiger partial charge in [-0.25, -0.2) is 0 Å². The Kier molecular flexibility index (Phi) is 4.54. The third-order valence-electron chi connectivity index (χ3n) is 3.29. The molecule has 2 rings (SSSR count). The molecule has 0 unspecified atom stereocenters. The van der Waals surface area contributed by atoms with Gasteiger partial charge in [-0.1, -0.05) is 18.2 Å². The molecule has 0 saturated carbocycles. The van der Waals surface area contributed by atoms with Crippen molar-refractivity contribution >= 4 is 0 Å². The van der Waals surface area contributed by atoms with E-state index in [2.05, 4.69) is 16.7 Å². The topological polar surface area (TPSA) is 47.9 Å². The molecule has 0 amide bonds. The van der Waals surface area contributed by atoms with Crippen molar-refractivity contribution in [3.8, 4) is 6.07 Å². The quantitative estimate of drug-likeness (QED) is 0.825. The van der Waals surface area contributed by atoms with Crippen molar-refractivity contribution in [1.82, 2.24) is 10.6 Å². The third kappa shape index (κ3) is 3.55. The van der Waals surface area contributed by atoms with Gasteiger partial charge < -0.3 is 10.6 Å². The number of benzene rings is 1. The van der Waals surface area contributed by atoms with Crippen molar-refractivity contribution in [2.24, 2.45) is 5.92 Å². The van der Waals surface area contributed by atoms with Crippen LogP contribution in [0.25, 0.3) is 0 Å². The third-order valence-corrected chi connectivity index (χ3v) is 3.29. The molecule has 0 aliphatic carbocycles. The number of hydrogen-bond donors (Lipinski definition) is 2. The van der Waals surface area contributed by atoms with Gasteiger partial charge in [0, 0.05) is 6.54 Å². The van der Waals surface area contributed by atoms with Crippen LogP contribution in [0, 0.1) is 17.2 Å². The van der Waals surface area contributed by atoms with Crippen LogP contribution >= 0.6 is 0 Å². The highest BCUT2D eigenvalue weighted by Gasteiger charge is 2.12. The molecular formula is C14H19N3. The molecule has 1 aromatic rings. The summed E-state index contributed by atoms with van der Waals surface area (Å²) in [5.74, 6) is 0.734. The van der Waals surface area contributed by atoms with E-state index in [-0.39, 0.29) is 0 Å². The average molecular weight is 229 g/mol. The molecule has 3 heteroatoms. The predicted molar refractivity (Wildman–Crippen MR) is 68.5 cm³/mol. The minimum Gasteiger partial charge on any atom is -0.316 e. The van der Waals surface area contributed by atoms with E-state index >= 15 is 0 Å². The molecule has 1 heterocycles. The summed E-state index contributed by atoms with van der Waals surface area (Å²) in [5, 5.41) is 15.8. The van der Waals surface area contributed by atoms with Gasteiger partial charge in [-0.2, -0.15) is 5.26 Å². The van der Waals surface area contributed by atoms with Gasteiger partial charge in [0.2, 0.25) is 0 Å². The highest BCUT2D eigenvalue weighted by molar-refractivity contribution is 5.37. The Morgan fingerprint density at radius 2 is 2.29 bits per heavy atom. The smallest absolute Gasteiger partial charge is 0.0995 e. The van der Waals surface area contributed by atoms with Crippen LogP contribution in [0.4, 0.5) is 0 Å². The summed E-state index contributed by atoms with van der Waals surface area (Å²) in [7, 11) is 0. The van der Waals surface area contributed by atoms with E-state index in [1.54, 1.807) is 0 Å². The highest BCUT2D eigenvalue weighted by Crippen LogP contribution is 2.10. The molecule has 0 radical (unpaired) electrons. The van der Waals surface area contributed by atoms with Crippen LogP contribution < -0.4 is 10.6 Å². The van der Waals surface area contributed by atoms with Gasteiger partial charge in [-0.15, -0.1) is 0 Å². The number of rotatable bonds is 4. The molecule has 1 fully saturated rings. The maximum absolute atomic E-state index is 8.98. The first kappa shape index (κ1) is 12.1. The first-order valence-corrected chi connectivity index (χ1v) is 6.29. The van der Waals surface area contributed by atoms with Crippen molar-refractivity contribution in [2.75, 3.05) is 19.6 Å². The molecule has 90 valence electrons. The predicted octanol–water partition coefficient (Wildman–Crippen LogP) is 1.65. The van der Waals surface area contributed by atoms with Crippen molar-refractivity contribution in [3.63, 3.8) is 0 Å². The maximum atomic E-state index is 8.98. The van der Waals surface area contributed by atoms with Crippen molar-refractivity contribution in [3.05, 3.63) is 35.4 Å². The number of nitrogens with zero attached hydrogens (tertiary/aromatic N) is 1. The van der Waals surface area contributed by atoms with Crippen LogP contribution in [-0.2, 0) is 6.54 Å². The molecule has 1 atom stereocenters. The zero-order chi connectivity index (χ0) is 11.9. The molecule has 1 aromatic carbocycles. The Labute approximate surface area is 103 Å². The molecule has 0 bridgehead atoms. The van der Waals surface area contributed by atoms with Crippen molar-refractivity contribution in [1.29, 1.82) is 5.26 Å². The van der Waals surface area contributed by atoms with Crippen LogP contribution in [0.3, 0.4) is 0 Å². The SMILES string of the molecule is N#Cc1ccccc1CNC[C@@H]1CCCNC1. The summed E-state index contributed by atoms with van der Waals surface area (Å²) in [4.78, 5) is 0. The summed E-state index contributed by atoms with van der Waals surface area (Å²) >= 11 is 0. The first-order chi connectivity index (χ1) is 8.40. The largest absolute Gasteiger partial charge is 0.316 e. The molecule has 3 nitrogen and oxygen atoms in total. The monoisotopic (exact) mass is 229 g/mol. The second kappa shape index (κ2) is 6.39. The standard InChI is InChI=1S/C14H19N3/c15-8-13-5-1-2-6-14(13)11-17-10-12-4-3-7-16-9-12/h1-2,5-6,12,16-17H,3-4,7,9-11H2/t12-/m1/s1. The van der Waals surface area contributed by atoms with Gasteiger partial charge in [0.1, 0.15) is 0 Å². The Balaban J connectivity index is 1.79. The van der Waals surface area contributed by atoms with E-state index in [9.17, 15) is 0 Å². The maximum Gasteiger partial charge on any atom is 0.0995 e. The van der Waals surface area contributed by atoms with Crippen LogP contribution in [0.1, 0.15) is 24.0 Å². The van der Waals surface area contributed by atoms with Gasteiger partial charge in [-0.3, -0.25) is 0 Å². The molecular weight excluding hydrogens is 210 g/mol. The lowest BCUT2D eigenvalue weighted by Crippen LogP contribution is -2.35. The second-order valence-electron chi connectivity index (χ2n) is 4.61. The molecule has 0 spiro atoms. The van der Waals surface area contributed by atoms with E-state index < -0.39 is 0 Å². The fraction of sp³-hybridized carbons (Fsp3) is 0.500. The zero-order valence-electron chi connectivity index (χ0n) is 10.1. The van der Waals surface area contributed by atoms with Crippen molar-refractivity contribution < 1.29 is 0 Å². The molecule has 1 aliphatic heterocycles. The lowest BCUT2D eigenvalue weighted by molar-refractivity contribution is 0.360. The Bertz CT molecular complexity index is 389. The van der Waals surface area contributed by atoms with E-state index in [1.807, 2.05) is 24.3 Å². The number of piperidine rings is 1. The minimum atomic E-state index is 0.734. The Morgan fingerprint density at radius 3 is 3.06 bits per heavy atom. The molecule has 1 saturated heterocycles. The van der Waals surface area contributed by atoms with Gasteiger partial charge in [0.25, 0.3) is 0 Å². The van der Waals surface area contributed by atoms with Gasteiger partial charge >= 0.3 is 0 Å². The molecule has 2 N–H and O–H groups in total. The van der Waals surface area contributed by atoms with E-state index in [0.717, 1.165) is 43.2 Å². The Hall–Kier alpha value is -1.37. The molecule has 0 aromatic heterocycles. The minimum absolute atomic E-state index is 0.734. The van der Waals surface area contributed by atoms with Crippen LogP contribution in [0.5, 0.6) is 0 Å². The summed E-state index contributed by atoms with van der Waals surface area (Å²) < 4.78 is 0. The fourth-order valence-electron chi connectivity index (χ4n) is 2.29. The number of nitrogens with one attached hydrogen (secondary N) is 2. The van der Waals surface area contributed by atoms with Gasteiger partial charge in [-0.05, 0) is 50.0 Å². The van der Waals surface area contributed by atoms with Crippen LogP contribution in [0.2, 0.25) is 0 Å². The van der Waals surface area contributed by atoms with E-state index in [4.69, 9.17) is 5.26 Å². The van der Waals surface area contributed by atoms with Crippen molar-refractivity contribution in [2.45, 2.75) is 19.4 Å². The number of hydrogen-bond acceptors (Lipinski definition) is 3. The molecule has 17 heavy (non-hydrogen) atoms. The highest BCUT2D eigenvalue weighted by atomic mass is 14.9. The second-order valence-corrected chi connectivity index (χ2v) is 4.61. The van der Waals surface area contributed by atoms with Gasteiger partial charge in [0.05, 0.1) is 11.6 Å². The average Bonchev–Trinajstić information content (AvgIpc) is 2.40. The molecule has 1 aliphatic rings.